The lowest BCUT2D eigenvalue weighted by Gasteiger charge is -2.18. The molecule has 2 rings (SSSR count). The van der Waals surface area contributed by atoms with E-state index >= 15 is 0 Å². The molecule has 0 saturated heterocycles. The molecule has 0 spiro atoms. The van der Waals surface area contributed by atoms with Gasteiger partial charge in [0.25, 0.3) is 0 Å². The third-order valence-corrected chi connectivity index (χ3v) is 3.79. The van der Waals surface area contributed by atoms with Crippen molar-refractivity contribution in [2.24, 2.45) is 5.73 Å². The number of methoxy groups -OCH3 is 1. The second-order valence-electron chi connectivity index (χ2n) is 4.72. The summed E-state index contributed by atoms with van der Waals surface area (Å²) in [6.07, 6.45) is 0. The molecular formula is C14H19N3O3S. The van der Waals surface area contributed by atoms with Crippen molar-refractivity contribution in [1.29, 1.82) is 0 Å². The first-order valence-electron chi connectivity index (χ1n) is 6.59. The van der Waals surface area contributed by atoms with Crippen LogP contribution in [0, 0.1) is 6.92 Å². The van der Waals surface area contributed by atoms with Crippen molar-refractivity contribution in [1.82, 2.24) is 9.88 Å². The zero-order valence-electron chi connectivity index (χ0n) is 12.2. The van der Waals surface area contributed by atoms with Gasteiger partial charge in [0, 0.05) is 25.6 Å². The average molecular weight is 309 g/mol. The Labute approximate surface area is 127 Å². The average Bonchev–Trinajstić information content (AvgIpc) is 3.04. The molecule has 6 nitrogen and oxygen atoms in total. The maximum atomic E-state index is 11.1. The molecule has 2 N–H and O–H groups in total. The predicted molar refractivity (Wildman–Crippen MR) is 80.9 cm³/mol. The zero-order chi connectivity index (χ0) is 15.2. The molecule has 114 valence electrons. The zero-order valence-corrected chi connectivity index (χ0v) is 13.0. The Morgan fingerprint density at radius 2 is 2.33 bits per heavy atom. The van der Waals surface area contributed by atoms with Gasteiger partial charge >= 0.3 is 0 Å². The largest absolute Gasteiger partial charge is 0.459 e. The molecule has 0 aromatic carbocycles. The predicted octanol–water partition coefficient (Wildman–Crippen LogP) is 1.65. The molecule has 0 radical (unpaired) electrons. The van der Waals surface area contributed by atoms with Crippen molar-refractivity contribution in [3.63, 3.8) is 0 Å². The fraction of sp³-hybridized carbons (Fsp3) is 0.429. The maximum absolute atomic E-state index is 11.1. The highest BCUT2D eigenvalue weighted by Gasteiger charge is 2.13. The number of hydrogen-bond acceptors (Lipinski definition) is 6. The Hall–Kier alpha value is -1.70. The Bertz CT molecular complexity index is 594. The third-order valence-electron chi connectivity index (χ3n) is 2.88. The van der Waals surface area contributed by atoms with Crippen LogP contribution in [0.2, 0.25) is 0 Å². The molecule has 1 amide bonds. The molecule has 0 saturated carbocycles. The highest BCUT2D eigenvalue weighted by atomic mass is 32.1. The summed E-state index contributed by atoms with van der Waals surface area (Å²) in [5, 5.41) is 2.80. The molecule has 2 heterocycles. The number of nitrogens with zero attached hydrogens (tertiary/aromatic N) is 2. The van der Waals surface area contributed by atoms with Crippen molar-refractivity contribution in [3.05, 3.63) is 29.0 Å². The normalized spacial score (nSPS) is 11.2. The number of carbonyl (C=O) groups is 1. The van der Waals surface area contributed by atoms with E-state index in [4.69, 9.17) is 14.9 Å². The third kappa shape index (κ3) is 4.66. The van der Waals surface area contributed by atoms with Gasteiger partial charge in [0.05, 0.1) is 18.8 Å². The number of aromatic nitrogens is 1. The number of aryl methyl sites for hydroxylation is 1. The Morgan fingerprint density at radius 3 is 2.95 bits per heavy atom. The van der Waals surface area contributed by atoms with E-state index in [2.05, 4.69) is 4.98 Å². The fourth-order valence-electron chi connectivity index (χ4n) is 1.93. The Balaban J connectivity index is 2.03. The molecular weight excluding hydrogens is 290 g/mol. The van der Waals surface area contributed by atoms with E-state index in [1.54, 1.807) is 7.11 Å². The first-order valence-corrected chi connectivity index (χ1v) is 7.47. The molecule has 2 aromatic rings. The highest BCUT2D eigenvalue weighted by Crippen LogP contribution is 2.25. The number of primary amides is 1. The molecule has 0 unspecified atom stereocenters. The summed E-state index contributed by atoms with van der Waals surface area (Å²) < 4.78 is 10.6. The lowest BCUT2D eigenvalue weighted by atomic mass is 10.4. The lowest BCUT2D eigenvalue weighted by Crippen LogP contribution is -2.35. The number of hydrogen-bond donors (Lipinski definition) is 1. The number of amides is 1. The van der Waals surface area contributed by atoms with Gasteiger partial charge in [0.15, 0.2) is 10.8 Å². The summed E-state index contributed by atoms with van der Waals surface area (Å²) in [6, 6.07) is 3.82. The van der Waals surface area contributed by atoms with Crippen LogP contribution in [0.25, 0.3) is 10.8 Å². The second-order valence-corrected chi connectivity index (χ2v) is 5.58. The summed E-state index contributed by atoms with van der Waals surface area (Å²) >= 11 is 1.52. The van der Waals surface area contributed by atoms with Gasteiger partial charge < -0.3 is 14.9 Å². The van der Waals surface area contributed by atoms with Gasteiger partial charge in [-0.05, 0) is 19.1 Å². The summed E-state index contributed by atoms with van der Waals surface area (Å²) in [5.74, 6) is 1.27. The van der Waals surface area contributed by atoms with Crippen LogP contribution in [0.5, 0.6) is 0 Å². The van der Waals surface area contributed by atoms with Crippen molar-refractivity contribution >= 4 is 17.2 Å². The van der Waals surface area contributed by atoms with E-state index in [0.717, 1.165) is 22.2 Å². The molecule has 7 heteroatoms. The summed E-state index contributed by atoms with van der Waals surface area (Å²) in [6.45, 7) is 3.82. The number of carbonyl (C=O) groups excluding carboxylic acids is 1. The van der Waals surface area contributed by atoms with E-state index in [1.165, 1.54) is 11.3 Å². The van der Waals surface area contributed by atoms with Gasteiger partial charge in [-0.25, -0.2) is 4.98 Å². The molecule has 0 aliphatic heterocycles. The van der Waals surface area contributed by atoms with E-state index < -0.39 is 0 Å². The van der Waals surface area contributed by atoms with E-state index in [0.29, 0.717) is 19.7 Å². The van der Waals surface area contributed by atoms with Crippen LogP contribution in [0.15, 0.2) is 21.9 Å². The minimum Gasteiger partial charge on any atom is -0.459 e. The van der Waals surface area contributed by atoms with Crippen LogP contribution in [0.1, 0.15) is 11.5 Å². The van der Waals surface area contributed by atoms with Crippen molar-refractivity contribution < 1.29 is 13.9 Å². The van der Waals surface area contributed by atoms with Gasteiger partial charge in [0.1, 0.15) is 5.76 Å². The topological polar surface area (TPSA) is 81.6 Å². The molecule has 21 heavy (non-hydrogen) atoms. The highest BCUT2D eigenvalue weighted by molar-refractivity contribution is 7.13. The van der Waals surface area contributed by atoms with Crippen LogP contribution in [0.3, 0.4) is 0 Å². The second kappa shape index (κ2) is 7.35. The molecule has 0 bridgehead atoms. The maximum Gasteiger partial charge on any atom is 0.231 e. The van der Waals surface area contributed by atoms with Crippen molar-refractivity contribution in [2.45, 2.75) is 13.5 Å². The summed E-state index contributed by atoms with van der Waals surface area (Å²) in [7, 11) is 1.63. The lowest BCUT2D eigenvalue weighted by molar-refractivity contribution is -0.119. The van der Waals surface area contributed by atoms with E-state index in [-0.39, 0.29) is 12.5 Å². The van der Waals surface area contributed by atoms with Crippen LogP contribution in [-0.2, 0) is 16.1 Å². The number of furan rings is 1. The molecule has 0 fully saturated rings. The number of rotatable bonds is 8. The first-order chi connectivity index (χ1) is 10.1. The van der Waals surface area contributed by atoms with Gasteiger partial charge in [-0.1, -0.05) is 0 Å². The monoisotopic (exact) mass is 309 g/mol. The minimum absolute atomic E-state index is 0.191. The summed E-state index contributed by atoms with van der Waals surface area (Å²) in [5.41, 5.74) is 6.15. The smallest absolute Gasteiger partial charge is 0.231 e. The Morgan fingerprint density at radius 1 is 1.52 bits per heavy atom. The van der Waals surface area contributed by atoms with Crippen molar-refractivity contribution in [2.75, 3.05) is 26.8 Å². The van der Waals surface area contributed by atoms with E-state index in [9.17, 15) is 4.79 Å². The van der Waals surface area contributed by atoms with Gasteiger partial charge in [-0.2, -0.15) is 0 Å². The number of nitrogens with two attached hydrogens (primary N) is 1. The van der Waals surface area contributed by atoms with Crippen LogP contribution in [0.4, 0.5) is 0 Å². The number of ether oxygens (including phenoxy) is 1. The van der Waals surface area contributed by atoms with Crippen LogP contribution in [-0.4, -0.2) is 42.6 Å². The van der Waals surface area contributed by atoms with Crippen LogP contribution >= 0.6 is 11.3 Å². The van der Waals surface area contributed by atoms with Crippen LogP contribution < -0.4 is 5.73 Å². The standard InChI is InChI=1S/C14H19N3O3S/c1-10-3-4-12(20-10)14-16-11(9-21-14)7-17(5-6-19-2)8-13(15)18/h3-4,9H,5-8H2,1-2H3,(H2,15,18). The molecule has 2 aromatic heterocycles. The fourth-order valence-corrected chi connectivity index (χ4v) is 2.70. The van der Waals surface area contributed by atoms with E-state index in [1.807, 2.05) is 29.3 Å². The molecule has 0 atom stereocenters. The summed E-state index contributed by atoms with van der Waals surface area (Å²) in [4.78, 5) is 17.6. The van der Waals surface area contributed by atoms with Gasteiger partial charge in [-0.15, -0.1) is 11.3 Å². The Kier molecular flexibility index (Phi) is 5.49. The van der Waals surface area contributed by atoms with Gasteiger partial charge in [-0.3, -0.25) is 9.69 Å². The molecule has 0 aliphatic rings. The van der Waals surface area contributed by atoms with Gasteiger partial charge in [0.2, 0.25) is 5.91 Å². The van der Waals surface area contributed by atoms with Crippen molar-refractivity contribution in [3.8, 4) is 10.8 Å². The minimum atomic E-state index is -0.358. The number of thiazole rings is 1. The first kappa shape index (κ1) is 15.7. The molecule has 0 aliphatic carbocycles. The SMILES string of the molecule is COCCN(CC(N)=O)Cc1csc(-c2ccc(C)o2)n1. The quantitative estimate of drug-likeness (QED) is 0.801.